The largest absolute Gasteiger partial charge is 0.333 e. The van der Waals surface area contributed by atoms with Gasteiger partial charge >= 0.3 is 0 Å². The second kappa shape index (κ2) is 9.45. The van der Waals surface area contributed by atoms with Gasteiger partial charge in [0.25, 0.3) is 5.91 Å². The molecule has 0 unspecified atom stereocenters. The van der Waals surface area contributed by atoms with Gasteiger partial charge in [-0.1, -0.05) is 23.7 Å². The minimum Gasteiger partial charge on any atom is -0.333 e. The lowest BCUT2D eigenvalue weighted by Crippen LogP contribution is -3.13. The van der Waals surface area contributed by atoms with E-state index in [1.165, 1.54) is 16.5 Å². The molecule has 4 nitrogen and oxygen atoms in total. The molecule has 0 aromatic heterocycles. The highest BCUT2D eigenvalue weighted by Crippen LogP contribution is 2.13. The molecule has 0 aliphatic carbocycles. The number of benzene rings is 2. The van der Waals surface area contributed by atoms with Crippen molar-refractivity contribution in [2.75, 3.05) is 32.7 Å². The summed E-state index contributed by atoms with van der Waals surface area (Å²) in [6, 6.07) is 11.7. The van der Waals surface area contributed by atoms with Crippen LogP contribution in [0.25, 0.3) is 0 Å². The van der Waals surface area contributed by atoms with E-state index >= 15 is 0 Å². The van der Waals surface area contributed by atoms with Crippen LogP contribution >= 0.6 is 11.6 Å². The maximum absolute atomic E-state index is 13.4. The van der Waals surface area contributed by atoms with E-state index in [-0.39, 0.29) is 11.9 Å². The first-order valence-corrected chi connectivity index (χ1v) is 9.94. The molecule has 150 valence electrons. The molecule has 1 aliphatic heterocycles. The highest BCUT2D eigenvalue weighted by atomic mass is 35.5. The van der Waals surface area contributed by atoms with Crippen LogP contribution in [0.1, 0.15) is 24.1 Å². The minimum absolute atomic E-state index is 0.0833. The van der Waals surface area contributed by atoms with E-state index in [0.717, 1.165) is 43.8 Å². The average molecular weight is 410 g/mol. The van der Waals surface area contributed by atoms with Crippen molar-refractivity contribution in [2.45, 2.75) is 19.5 Å². The van der Waals surface area contributed by atoms with Crippen LogP contribution in [0.3, 0.4) is 0 Å². The zero-order valence-corrected chi connectivity index (χ0v) is 16.7. The fourth-order valence-electron chi connectivity index (χ4n) is 3.48. The Kier molecular flexibility index (Phi) is 6.99. The van der Waals surface area contributed by atoms with Crippen molar-refractivity contribution in [2.24, 2.45) is 0 Å². The Morgan fingerprint density at radius 3 is 2.46 bits per heavy atom. The number of nitrogens with two attached hydrogens (primary N) is 1. The van der Waals surface area contributed by atoms with Crippen LogP contribution in [0.15, 0.2) is 42.5 Å². The van der Waals surface area contributed by atoms with Gasteiger partial charge in [-0.2, -0.15) is 0 Å². The van der Waals surface area contributed by atoms with Crippen LogP contribution in [0.5, 0.6) is 0 Å². The zero-order valence-electron chi connectivity index (χ0n) is 15.9. The van der Waals surface area contributed by atoms with Crippen LogP contribution in [0.2, 0.25) is 5.02 Å². The van der Waals surface area contributed by atoms with E-state index < -0.39 is 11.6 Å². The van der Waals surface area contributed by atoms with Crippen molar-refractivity contribution >= 4 is 17.5 Å². The van der Waals surface area contributed by atoms with Gasteiger partial charge in [0.1, 0.15) is 12.6 Å². The fraction of sp³-hybridized carbons (Fsp3) is 0.381. The van der Waals surface area contributed by atoms with E-state index in [4.69, 9.17) is 11.6 Å². The number of quaternary nitrogens is 2. The van der Waals surface area contributed by atoms with Crippen LogP contribution in [-0.2, 0) is 11.3 Å². The van der Waals surface area contributed by atoms with Gasteiger partial charge in [-0.25, -0.2) is 8.78 Å². The zero-order chi connectivity index (χ0) is 20.1. The first-order chi connectivity index (χ1) is 13.4. The molecule has 1 aliphatic rings. The van der Waals surface area contributed by atoms with Gasteiger partial charge in [0.2, 0.25) is 0 Å². The van der Waals surface area contributed by atoms with Gasteiger partial charge in [-0.3, -0.25) is 4.79 Å². The number of carbonyl (C=O) groups is 1. The molecule has 0 spiro atoms. The van der Waals surface area contributed by atoms with Crippen molar-refractivity contribution < 1.29 is 23.8 Å². The number of nitrogens with one attached hydrogen (secondary N) is 1. The monoisotopic (exact) mass is 409 g/mol. The smallest absolute Gasteiger partial charge is 0.278 e. The number of rotatable bonds is 6. The maximum Gasteiger partial charge on any atom is 0.278 e. The number of nitrogens with zero attached hydrogens (tertiary/aromatic N) is 1. The molecule has 28 heavy (non-hydrogen) atoms. The Bertz CT molecular complexity index is 808. The molecule has 1 saturated heterocycles. The first-order valence-electron chi connectivity index (χ1n) is 9.56. The summed E-state index contributed by atoms with van der Waals surface area (Å²) in [4.78, 5) is 15.8. The molecule has 0 radical (unpaired) electrons. The van der Waals surface area contributed by atoms with Crippen LogP contribution in [0.4, 0.5) is 8.78 Å². The molecule has 2 aromatic carbocycles. The molecule has 2 aromatic rings. The molecule has 0 saturated carbocycles. The molecular weight excluding hydrogens is 384 g/mol. The van der Waals surface area contributed by atoms with Gasteiger partial charge in [-0.15, -0.1) is 0 Å². The normalized spacial score (nSPS) is 16.2. The van der Waals surface area contributed by atoms with Crippen molar-refractivity contribution in [3.8, 4) is 0 Å². The quantitative estimate of drug-likeness (QED) is 0.739. The summed E-state index contributed by atoms with van der Waals surface area (Å²) < 4.78 is 26.4. The van der Waals surface area contributed by atoms with Gasteiger partial charge in [0.05, 0.1) is 26.2 Å². The molecule has 3 rings (SSSR count). The number of carbonyl (C=O) groups excluding carboxylic acids is 1. The Morgan fingerprint density at radius 1 is 1.14 bits per heavy atom. The number of hydrogen-bond donors (Lipinski definition) is 2. The second-order valence-corrected chi connectivity index (χ2v) is 7.77. The summed E-state index contributed by atoms with van der Waals surface area (Å²) >= 11 is 5.92. The predicted octanol–water partition coefficient (Wildman–Crippen LogP) is 1.17. The first kappa shape index (κ1) is 20.7. The molecule has 7 heteroatoms. The Morgan fingerprint density at radius 2 is 1.82 bits per heavy atom. The van der Waals surface area contributed by atoms with Gasteiger partial charge < -0.3 is 15.1 Å². The summed E-state index contributed by atoms with van der Waals surface area (Å²) in [7, 11) is 0. The van der Waals surface area contributed by atoms with Crippen molar-refractivity contribution in [1.82, 2.24) is 4.90 Å². The molecule has 0 bridgehead atoms. The van der Waals surface area contributed by atoms with E-state index in [2.05, 4.69) is 0 Å². The molecular formula is C21H26ClF2N3O+2. The summed E-state index contributed by atoms with van der Waals surface area (Å²) in [5.74, 6) is -1.63. The third-order valence-corrected chi connectivity index (χ3v) is 5.56. The second-order valence-electron chi connectivity index (χ2n) is 7.34. The van der Waals surface area contributed by atoms with Crippen LogP contribution in [-0.4, -0.2) is 43.5 Å². The summed E-state index contributed by atoms with van der Waals surface area (Å²) in [6.45, 7) is 6.39. The van der Waals surface area contributed by atoms with E-state index in [1.54, 1.807) is 6.07 Å². The van der Waals surface area contributed by atoms with Crippen LogP contribution in [0, 0.1) is 11.6 Å². The lowest BCUT2D eigenvalue weighted by molar-refractivity contribution is -0.917. The van der Waals surface area contributed by atoms with Crippen molar-refractivity contribution in [3.63, 3.8) is 0 Å². The van der Waals surface area contributed by atoms with E-state index in [9.17, 15) is 13.6 Å². The summed E-state index contributed by atoms with van der Waals surface area (Å²) in [5, 5.41) is 2.60. The topological polar surface area (TPSA) is 41.4 Å². The third-order valence-electron chi connectivity index (χ3n) is 5.31. The van der Waals surface area contributed by atoms with Crippen LogP contribution < -0.4 is 10.2 Å². The number of piperazine rings is 1. The average Bonchev–Trinajstić information content (AvgIpc) is 2.70. The Balaban J connectivity index is 1.43. The highest BCUT2D eigenvalue weighted by Gasteiger charge is 2.25. The van der Waals surface area contributed by atoms with E-state index in [0.29, 0.717) is 12.1 Å². The standard InChI is InChI=1S/C21H24ClF2N3O/c1-15(17-4-7-19(23)20(24)12-17)25-13-21(28)27-10-8-26(9-11-27)14-16-2-5-18(22)6-3-16/h2-7,12,15,25H,8-11,13-14H2,1H3/p+2/t15-/m1/s1. The van der Waals surface area contributed by atoms with Gasteiger partial charge in [0, 0.05) is 16.1 Å². The molecule has 1 heterocycles. The van der Waals surface area contributed by atoms with Gasteiger partial charge in [-0.05, 0) is 37.3 Å². The minimum atomic E-state index is -0.858. The van der Waals surface area contributed by atoms with E-state index in [1.807, 2.05) is 41.4 Å². The molecule has 1 amide bonds. The fourth-order valence-corrected chi connectivity index (χ4v) is 3.60. The van der Waals surface area contributed by atoms with Gasteiger partial charge in [0.15, 0.2) is 18.2 Å². The Labute approximate surface area is 169 Å². The highest BCUT2D eigenvalue weighted by molar-refractivity contribution is 6.30. The number of halogens is 3. The Hall–Kier alpha value is -2.02. The molecule has 1 fully saturated rings. The van der Waals surface area contributed by atoms with Crippen molar-refractivity contribution in [1.29, 1.82) is 0 Å². The maximum atomic E-state index is 13.4. The summed E-state index contributed by atoms with van der Waals surface area (Å²) in [5.41, 5.74) is 1.91. The lowest BCUT2D eigenvalue weighted by Gasteiger charge is -2.32. The number of hydrogen-bond acceptors (Lipinski definition) is 1. The van der Waals surface area contributed by atoms with Crippen molar-refractivity contribution in [3.05, 3.63) is 70.2 Å². The number of amides is 1. The molecule has 3 N–H and O–H groups in total. The SMILES string of the molecule is C[C@@H]([NH2+]CC(=O)N1CC[NH+](Cc2ccc(Cl)cc2)CC1)c1ccc(F)c(F)c1. The summed E-state index contributed by atoms with van der Waals surface area (Å²) in [6.07, 6.45) is 0. The predicted molar refractivity (Wildman–Crippen MR) is 104 cm³/mol. The lowest BCUT2D eigenvalue weighted by atomic mass is 10.1. The third kappa shape index (κ3) is 5.50. The molecule has 1 atom stereocenters.